The number of hydrogen-bond acceptors (Lipinski definition) is 3. The number of rotatable bonds is 2. The van der Waals surface area contributed by atoms with Crippen molar-refractivity contribution in [1.82, 2.24) is 9.97 Å². The molecule has 0 aromatic carbocycles. The standard InChI is InChI=1S/C5H3ClN2O4.Na.H/c6-5-7-1(3(9)10)2(8-5)4(11)12;;/h(H,7,8)(H,9,10)(H,11,12);;. The molecule has 0 saturated heterocycles. The maximum absolute atomic E-state index is 10.3. The summed E-state index contributed by atoms with van der Waals surface area (Å²) in [5.74, 6) is -2.85. The van der Waals surface area contributed by atoms with E-state index in [2.05, 4.69) is 9.97 Å². The van der Waals surface area contributed by atoms with Gasteiger partial charge in [0.1, 0.15) is 0 Å². The second kappa shape index (κ2) is 4.61. The molecule has 1 heterocycles. The van der Waals surface area contributed by atoms with Gasteiger partial charge in [0.2, 0.25) is 5.28 Å². The molecule has 1 aromatic heterocycles. The molecule has 13 heavy (non-hydrogen) atoms. The molecule has 6 nitrogen and oxygen atoms in total. The second-order valence-electron chi connectivity index (χ2n) is 1.86. The fraction of sp³-hybridized carbons (Fsp3) is 0. The Balaban J connectivity index is 0.00000144. The Labute approximate surface area is 99.2 Å². The number of carbonyl (C=O) groups is 2. The summed E-state index contributed by atoms with van der Waals surface area (Å²) in [7, 11) is 0. The average Bonchev–Trinajstić information content (AvgIpc) is 2.31. The van der Waals surface area contributed by atoms with Gasteiger partial charge in [0.25, 0.3) is 0 Å². The SMILES string of the molecule is O=C(O)c1nc(Cl)[nH]c1C(=O)O.[NaH]. The number of aromatic carboxylic acids is 2. The van der Waals surface area contributed by atoms with Crippen molar-refractivity contribution < 1.29 is 19.8 Å². The van der Waals surface area contributed by atoms with Crippen LogP contribution in [0.3, 0.4) is 0 Å². The number of nitrogens with one attached hydrogen (secondary N) is 1. The summed E-state index contributed by atoms with van der Waals surface area (Å²) in [4.78, 5) is 26.0. The topological polar surface area (TPSA) is 103 Å². The van der Waals surface area contributed by atoms with Crippen molar-refractivity contribution in [3.8, 4) is 0 Å². The number of carboxylic acids is 2. The summed E-state index contributed by atoms with van der Waals surface area (Å²) in [6, 6.07) is 0. The zero-order chi connectivity index (χ0) is 9.30. The van der Waals surface area contributed by atoms with Crippen LogP contribution in [0, 0.1) is 0 Å². The molecule has 0 aliphatic heterocycles. The normalized spacial score (nSPS) is 9.00. The van der Waals surface area contributed by atoms with Crippen molar-refractivity contribution in [2.24, 2.45) is 0 Å². The van der Waals surface area contributed by atoms with Crippen LogP contribution >= 0.6 is 11.6 Å². The number of aromatic nitrogens is 2. The van der Waals surface area contributed by atoms with Crippen molar-refractivity contribution in [3.63, 3.8) is 0 Å². The van der Waals surface area contributed by atoms with Gasteiger partial charge in [0.05, 0.1) is 0 Å². The van der Waals surface area contributed by atoms with Gasteiger partial charge in [-0.25, -0.2) is 14.6 Å². The Hall–Kier alpha value is -0.560. The molecule has 0 aliphatic carbocycles. The first kappa shape index (κ1) is 12.4. The predicted octanol–water partition coefficient (Wildman–Crippen LogP) is -0.189. The first-order valence-corrected chi connectivity index (χ1v) is 3.12. The number of hydrogen-bond donors (Lipinski definition) is 3. The number of aromatic amines is 1. The molecule has 66 valence electrons. The number of carboxylic acid groups (broad SMARTS) is 2. The van der Waals surface area contributed by atoms with E-state index >= 15 is 0 Å². The summed E-state index contributed by atoms with van der Waals surface area (Å²) in [6.45, 7) is 0. The van der Waals surface area contributed by atoms with Gasteiger partial charge in [0, 0.05) is 0 Å². The number of nitrogens with zero attached hydrogens (tertiary/aromatic N) is 1. The van der Waals surface area contributed by atoms with Crippen molar-refractivity contribution in [1.29, 1.82) is 0 Å². The first-order chi connectivity index (χ1) is 5.52. The predicted molar refractivity (Wildman–Crippen MR) is 44.7 cm³/mol. The van der Waals surface area contributed by atoms with Gasteiger partial charge in [0.15, 0.2) is 11.4 Å². The van der Waals surface area contributed by atoms with Crippen LogP contribution in [-0.4, -0.2) is 61.7 Å². The molecule has 1 rings (SSSR count). The van der Waals surface area contributed by atoms with E-state index in [1.165, 1.54) is 0 Å². The molecular weight excluding hydrogens is 211 g/mol. The van der Waals surface area contributed by atoms with Crippen LogP contribution in [-0.2, 0) is 0 Å². The van der Waals surface area contributed by atoms with Crippen LogP contribution in [0.25, 0.3) is 0 Å². The fourth-order valence-corrected chi connectivity index (χ4v) is 0.833. The summed E-state index contributed by atoms with van der Waals surface area (Å²) in [5.41, 5.74) is -1.11. The van der Waals surface area contributed by atoms with E-state index in [4.69, 9.17) is 21.8 Å². The van der Waals surface area contributed by atoms with Crippen LogP contribution < -0.4 is 0 Å². The van der Waals surface area contributed by atoms with Crippen LogP contribution in [0.4, 0.5) is 0 Å². The molecule has 0 radical (unpaired) electrons. The molecule has 0 saturated carbocycles. The van der Waals surface area contributed by atoms with Crippen LogP contribution in [0.1, 0.15) is 21.0 Å². The molecule has 0 spiro atoms. The quantitative estimate of drug-likeness (QED) is 0.592. The van der Waals surface area contributed by atoms with Gasteiger partial charge in [-0.05, 0) is 11.6 Å². The van der Waals surface area contributed by atoms with Crippen molar-refractivity contribution in [2.75, 3.05) is 0 Å². The molecule has 0 amide bonds. The van der Waals surface area contributed by atoms with Gasteiger partial charge < -0.3 is 15.2 Å². The summed E-state index contributed by atoms with van der Waals surface area (Å²) in [6.07, 6.45) is 0. The third-order valence-electron chi connectivity index (χ3n) is 1.09. The van der Waals surface area contributed by atoms with Gasteiger partial charge in [-0.1, -0.05) is 0 Å². The van der Waals surface area contributed by atoms with E-state index in [1.807, 2.05) is 0 Å². The minimum absolute atomic E-state index is 0. The van der Waals surface area contributed by atoms with Gasteiger partial charge >= 0.3 is 41.5 Å². The number of imidazole rings is 1. The third-order valence-corrected chi connectivity index (χ3v) is 1.27. The molecule has 0 aliphatic rings. The van der Waals surface area contributed by atoms with E-state index in [1.54, 1.807) is 0 Å². The molecule has 1 aromatic rings. The minimum atomic E-state index is -1.43. The van der Waals surface area contributed by atoms with Gasteiger partial charge in [-0.2, -0.15) is 0 Å². The van der Waals surface area contributed by atoms with Crippen LogP contribution in [0.2, 0.25) is 5.28 Å². The van der Waals surface area contributed by atoms with Crippen LogP contribution in [0.15, 0.2) is 0 Å². The third kappa shape index (κ3) is 2.70. The van der Waals surface area contributed by atoms with Crippen LogP contribution in [0.5, 0.6) is 0 Å². The van der Waals surface area contributed by atoms with Gasteiger partial charge in [-0.15, -0.1) is 0 Å². The number of H-pyrrole nitrogens is 1. The monoisotopic (exact) mass is 214 g/mol. The molecule has 0 bridgehead atoms. The first-order valence-electron chi connectivity index (χ1n) is 2.74. The maximum atomic E-state index is 10.3. The van der Waals surface area contributed by atoms with E-state index in [0.29, 0.717) is 0 Å². The van der Waals surface area contributed by atoms with Gasteiger partial charge in [-0.3, -0.25) is 0 Å². The Morgan fingerprint density at radius 1 is 1.31 bits per heavy atom. The van der Waals surface area contributed by atoms with E-state index in [0.717, 1.165) is 0 Å². The van der Waals surface area contributed by atoms with Crippen molar-refractivity contribution in [2.45, 2.75) is 0 Å². The average molecular weight is 215 g/mol. The Morgan fingerprint density at radius 2 is 1.85 bits per heavy atom. The summed E-state index contributed by atoms with van der Waals surface area (Å²) < 4.78 is 0. The summed E-state index contributed by atoms with van der Waals surface area (Å²) in [5, 5.41) is 16.6. The van der Waals surface area contributed by atoms with E-state index in [-0.39, 0.29) is 34.8 Å². The summed E-state index contributed by atoms with van der Waals surface area (Å²) >= 11 is 5.26. The fourth-order valence-electron chi connectivity index (χ4n) is 0.654. The Kier molecular flexibility index (Phi) is 4.41. The molecule has 0 fully saturated rings. The zero-order valence-corrected chi connectivity index (χ0v) is 6.29. The van der Waals surface area contributed by atoms with E-state index < -0.39 is 23.3 Å². The molecule has 3 N–H and O–H groups in total. The van der Waals surface area contributed by atoms with Crippen molar-refractivity contribution >= 4 is 53.1 Å². The zero-order valence-electron chi connectivity index (χ0n) is 5.54. The molecule has 0 unspecified atom stereocenters. The van der Waals surface area contributed by atoms with E-state index in [9.17, 15) is 9.59 Å². The number of halogens is 1. The Morgan fingerprint density at radius 3 is 2.15 bits per heavy atom. The molecule has 0 atom stereocenters. The second-order valence-corrected chi connectivity index (χ2v) is 2.22. The van der Waals surface area contributed by atoms with Crippen molar-refractivity contribution in [3.05, 3.63) is 16.7 Å². The Bertz CT molecular complexity index is 319. The molecular formula is C5H4ClN2NaO4. The molecule has 8 heteroatoms.